The van der Waals surface area contributed by atoms with Crippen LogP contribution < -0.4 is 4.74 Å². The molecule has 0 atom stereocenters. The zero-order valence-corrected chi connectivity index (χ0v) is 21.9. The summed E-state index contributed by atoms with van der Waals surface area (Å²) < 4.78 is 60.4. The van der Waals surface area contributed by atoms with Crippen molar-refractivity contribution >= 4 is 28.4 Å². The minimum Gasteiger partial charge on any atom is -0.505 e. The summed E-state index contributed by atoms with van der Waals surface area (Å²) in [5, 5.41) is 39.3. The van der Waals surface area contributed by atoms with Crippen molar-refractivity contribution in [1.29, 1.82) is 0 Å². The lowest BCUT2D eigenvalue weighted by atomic mass is 10.0. The summed E-state index contributed by atoms with van der Waals surface area (Å²) in [6.07, 6.45) is -6.36. The van der Waals surface area contributed by atoms with Crippen LogP contribution in [0.15, 0.2) is 83.0 Å². The second kappa shape index (κ2) is 10.5. The number of azo groups is 1. The monoisotopic (exact) mass is 579 g/mol. The van der Waals surface area contributed by atoms with E-state index in [0.29, 0.717) is 5.69 Å². The fourth-order valence-corrected chi connectivity index (χ4v) is 4.67. The molecule has 1 heterocycles. The maximum atomic E-state index is 14.0. The van der Waals surface area contributed by atoms with E-state index >= 15 is 0 Å². The van der Waals surface area contributed by atoms with E-state index < -0.39 is 41.1 Å². The number of phenolic OH excluding ortho intramolecular Hbond substituents is 1. The predicted octanol–water partition coefficient (Wildman–Crippen LogP) is 8.96. The number of rotatable bonds is 5. The van der Waals surface area contributed by atoms with E-state index in [0.717, 1.165) is 35.4 Å². The normalized spacial score (nSPS) is 11.9. The van der Waals surface area contributed by atoms with Crippen LogP contribution in [0.4, 0.5) is 33.7 Å². The molecule has 0 aliphatic carbocycles. The summed E-state index contributed by atoms with van der Waals surface area (Å²) in [6.45, 7) is 3.63. The SMILES string of the molecule is Cc1cc(C)cc(-n2c(O)c(N=Nc3cccc(-c4ccc(F)c(OC(=O)O)c4)c3O)c3ccc(C(F)(F)F)cc32)c1. The molecule has 8 nitrogen and oxygen atoms in total. The molecule has 1 aromatic heterocycles. The average molecular weight is 580 g/mol. The molecule has 3 N–H and O–H groups in total. The summed E-state index contributed by atoms with van der Waals surface area (Å²) >= 11 is 0. The van der Waals surface area contributed by atoms with Gasteiger partial charge in [-0.1, -0.05) is 24.3 Å². The molecule has 0 fully saturated rings. The Bertz CT molecular complexity index is 1880. The van der Waals surface area contributed by atoms with Crippen molar-refractivity contribution in [2.75, 3.05) is 0 Å². The molecule has 4 aromatic carbocycles. The van der Waals surface area contributed by atoms with Gasteiger partial charge in [0.05, 0.1) is 11.1 Å². The molecule has 0 saturated carbocycles. The third kappa shape index (κ3) is 5.33. The highest BCUT2D eigenvalue weighted by Crippen LogP contribution is 2.45. The molecule has 0 spiro atoms. The van der Waals surface area contributed by atoms with Crippen molar-refractivity contribution in [3.05, 3.63) is 95.3 Å². The number of carboxylic acid groups (broad SMARTS) is 1. The molecule has 0 aliphatic heterocycles. The van der Waals surface area contributed by atoms with Crippen LogP contribution in [0.3, 0.4) is 0 Å². The molecule has 0 aliphatic rings. The molecule has 0 bridgehead atoms. The zero-order valence-electron chi connectivity index (χ0n) is 21.9. The first-order valence-corrected chi connectivity index (χ1v) is 12.3. The molecule has 5 rings (SSSR count). The van der Waals surface area contributed by atoms with Crippen molar-refractivity contribution in [1.82, 2.24) is 4.57 Å². The summed E-state index contributed by atoms with van der Waals surface area (Å²) in [7, 11) is 0. The largest absolute Gasteiger partial charge is 0.511 e. The third-order valence-corrected chi connectivity index (χ3v) is 6.42. The maximum Gasteiger partial charge on any atom is 0.511 e. The van der Waals surface area contributed by atoms with E-state index in [-0.39, 0.29) is 33.4 Å². The number of fused-ring (bicyclic) bond motifs is 1. The number of para-hydroxylation sites is 1. The van der Waals surface area contributed by atoms with Gasteiger partial charge in [-0.25, -0.2) is 9.18 Å². The van der Waals surface area contributed by atoms with Gasteiger partial charge in [-0.3, -0.25) is 4.57 Å². The zero-order chi connectivity index (χ0) is 30.3. The Balaban J connectivity index is 1.64. The van der Waals surface area contributed by atoms with Crippen molar-refractivity contribution in [2.45, 2.75) is 20.0 Å². The second-order valence-electron chi connectivity index (χ2n) is 9.47. The maximum absolute atomic E-state index is 14.0. The fraction of sp³-hybridized carbons (Fsp3) is 0.100. The van der Waals surface area contributed by atoms with Crippen LogP contribution in [0, 0.1) is 19.7 Å². The summed E-state index contributed by atoms with van der Waals surface area (Å²) in [4.78, 5) is 10.9. The van der Waals surface area contributed by atoms with Crippen LogP contribution in [0.25, 0.3) is 27.7 Å². The van der Waals surface area contributed by atoms with E-state index in [4.69, 9.17) is 5.11 Å². The number of hydrogen-bond donors (Lipinski definition) is 3. The number of nitrogens with zero attached hydrogens (tertiary/aromatic N) is 3. The minimum atomic E-state index is -4.63. The Kier molecular flexibility index (Phi) is 7.07. The topological polar surface area (TPSA) is 117 Å². The van der Waals surface area contributed by atoms with Gasteiger partial charge in [0.15, 0.2) is 23.0 Å². The van der Waals surface area contributed by atoms with Crippen LogP contribution in [0.1, 0.15) is 16.7 Å². The predicted molar refractivity (Wildman–Crippen MR) is 146 cm³/mol. The van der Waals surface area contributed by atoms with Gasteiger partial charge in [-0.05, 0) is 79.1 Å². The number of benzene rings is 4. The Morgan fingerprint density at radius 1 is 0.905 bits per heavy atom. The first-order chi connectivity index (χ1) is 19.8. The molecular formula is C30H21F4N3O5. The summed E-state index contributed by atoms with van der Waals surface area (Å²) in [5.74, 6) is -2.39. The molecule has 0 unspecified atom stereocenters. The van der Waals surface area contributed by atoms with Gasteiger partial charge in [0, 0.05) is 16.6 Å². The molecule has 5 aromatic rings. The smallest absolute Gasteiger partial charge is 0.505 e. The highest BCUT2D eigenvalue weighted by molar-refractivity contribution is 5.97. The molecule has 214 valence electrons. The quantitative estimate of drug-likeness (QED) is 0.0832. The molecular weight excluding hydrogens is 558 g/mol. The van der Waals surface area contributed by atoms with Gasteiger partial charge in [-0.15, -0.1) is 10.2 Å². The van der Waals surface area contributed by atoms with Gasteiger partial charge in [-0.2, -0.15) is 13.2 Å². The van der Waals surface area contributed by atoms with Gasteiger partial charge in [0.25, 0.3) is 0 Å². The molecule has 42 heavy (non-hydrogen) atoms. The minimum absolute atomic E-state index is 0.0384. The van der Waals surface area contributed by atoms with Gasteiger partial charge >= 0.3 is 12.3 Å². The standard InChI is InChI=1S/C30H21F4N3O5/c1-15-10-16(2)12-19(11-15)37-24-14-18(30(32,33)34)7-8-21(24)26(28(37)39)36-35-23-5-3-4-20(27(23)38)17-6-9-22(31)25(13-17)42-29(40)41/h3-14,38-39H,1-2H3,(H,40,41). The fourth-order valence-electron chi connectivity index (χ4n) is 4.67. The van der Waals surface area contributed by atoms with E-state index in [1.165, 1.54) is 34.9 Å². The number of carbonyl (C=O) groups is 1. The number of alkyl halides is 3. The molecule has 0 saturated heterocycles. The van der Waals surface area contributed by atoms with Crippen LogP contribution in [-0.4, -0.2) is 26.0 Å². The number of aromatic nitrogens is 1. The van der Waals surface area contributed by atoms with Gasteiger partial charge < -0.3 is 20.1 Å². The number of hydrogen-bond acceptors (Lipinski definition) is 6. The van der Waals surface area contributed by atoms with Crippen LogP contribution in [-0.2, 0) is 6.18 Å². The second-order valence-corrected chi connectivity index (χ2v) is 9.47. The molecule has 0 amide bonds. The Labute approximate surface area is 235 Å². The van der Waals surface area contributed by atoms with Crippen molar-refractivity contribution in [3.63, 3.8) is 0 Å². The third-order valence-electron chi connectivity index (χ3n) is 6.42. The lowest BCUT2D eigenvalue weighted by molar-refractivity contribution is -0.137. The van der Waals surface area contributed by atoms with Crippen molar-refractivity contribution in [3.8, 4) is 34.2 Å². The summed E-state index contributed by atoms with van der Waals surface area (Å²) in [5.41, 5.74) is 1.29. The number of halogens is 4. The van der Waals surface area contributed by atoms with Crippen molar-refractivity contribution < 1.29 is 42.4 Å². The number of phenols is 1. The van der Waals surface area contributed by atoms with Gasteiger partial charge in [0.2, 0.25) is 5.88 Å². The highest BCUT2D eigenvalue weighted by Gasteiger charge is 2.32. The lowest BCUT2D eigenvalue weighted by Crippen LogP contribution is -2.05. The summed E-state index contributed by atoms with van der Waals surface area (Å²) in [6, 6.07) is 16.0. The van der Waals surface area contributed by atoms with E-state index in [1.54, 1.807) is 12.1 Å². The highest BCUT2D eigenvalue weighted by atomic mass is 19.4. The van der Waals surface area contributed by atoms with E-state index in [9.17, 15) is 32.6 Å². The first-order valence-electron chi connectivity index (χ1n) is 12.3. The molecule has 0 radical (unpaired) electrons. The number of aryl methyl sites for hydroxylation is 2. The first kappa shape index (κ1) is 28.1. The van der Waals surface area contributed by atoms with Crippen LogP contribution in [0.2, 0.25) is 0 Å². The van der Waals surface area contributed by atoms with Crippen LogP contribution in [0.5, 0.6) is 17.4 Å². The average Bonchev–Trinajstić information content (AvgIpc) is 3.18. The van der Waals surface area contributed by atoms with Crippen molar-refractivity contribution in [2.24, 2.45) is 10.2 Å². The lowest BCUT2D eigenvalue weighted by Gasteiger charge is -2.11. The Morgan fingerprint density at radius 3 is 2.29 bits per heavy atom. The molecule has 12 heteroatoms. The van der Waals surface area contributed by atoms with E-state index in [1.807, 2.05) is 19.9 Å². The number of ether oxygens (including phenoxy) is 1. The van der Waals surface area contributed by atoms with Crippen LogP contribution >= 0.6 is 0 Å². The Hall–Kier alpha value is -5.39. The Morgan fingerprint density at radius 2 is 1.62 bits per heavy atom. The number of aromatic hydroxyl groups is 2. The van der Waals surface area contributed by atoms with E-state index in [2.05, 4.69) is 15.0 Å². The van der Waals surface area contributed by atoms with Gasteiger partial charge in [0.1, 0.15) is 5.69 Å².